The van der Waals surface area contributed by atoms with Crippen LogP contribution < -0.4 is 10.6 Å². The van der Waals surface area contributed by atoms with Crippen LogP contribution in [-0.4, -0.2) is 47.8 Å². The first-order valence-corrected chi connectivity index (χ1v) is 14.6. The van der Waals surface area contributed by atoms with Crippen molar-refractivity contribution in [3.05, 3.63) is 71.3 Å². The van der Waals surface area contributed by atoms with E-state index in [0.717, 1.165) is 37.7 Å². The Morgan fingerprint density at radius 1 is 0.763 bits per heavy atom. The van der Waals surface area contributed by atoms with E-state index >= 15 is 0 Å². The molecule has 2 aromatic carbocycles. The molecule has 1 aliphatic carbocycles. The van der Waals surface area contributed by atoms with Gasteiger partial charge in [0.05, 0.1) is 0 Å². The average molecular weight is 518 g/mol. The maximum absolute atomic E-state index is 13.2. The van der Waals surface area contributed by atoms with E-state index in [0.29, 0.717) is 31.5 Å². The molecule has 6 nitrogen and oxygen atoms in total. The Morgan fingerprint density at radius 2 is 1.42 bits per heavy atom. The first-order chi connectivity index (χ1) is 18.5. The molecule has 2 N–H and O–H groups in total. The minimum atomic E-state index is -0.100. The third-order valence-electron chi connectivity index (χ3n) is 8.12. The van der Waals surface area contributed by atoms with Crippen molar-refractivity contribution in [1.29, 1.82) is 0 Å². The third kappa shape index (κ3) is 7.68. The molecule has 1 saturated carbocycles. The lowest BCUT2D eigenvalue weighted by Gasteiger charge is -2.36. The molecule has 1 aliphatic heterocycles. The van der Waals surface area contributed by atoms with E-state index in [2.05, 4.69) is 29.7 Å². The normalized spacial score (nSPS) is 20.1. The van der Waals surface area contributed by atoms with E-state index in [9.17, 15) is 14.4 Å². The highest BCUT2D eigenvalue weighted by molar-refractivity contribution is 5.95. The molecule has 2 fully saturated rings. The lowest BCUT2D eigenvalue weighted by atomic mass is 9.88. The van der Waals surface area contributed by atoms with Gasteiger partial charge >= 0.3 is 0 Å². The van der Waals surface area contributed by atoms with Crippen LogP contribution in [0.1, 0.15) is 97.4 Å². The summed E-state index contributed by atoms with van der Waals surface area (Å²) in [6.45, 7) is 3.40. The number of carbonyl (C=O) groups excluding carboxylic acids is 3. The second-order valence-electron chi connectivity index (χ2n) is 10.9. The summed E-state index contributed by atoms with van der Waals surface area (Å²) in [6, 6.07) is 17.2. The van der Waals surface area contributed by atoms with E-state index in [4.69, 9.17) is 0 Å². The maximum Gasteiger partial charge on any atom is 0.253 e. The Labute approximate surface area is 227 Å². The standard InChI is InChI=1S/C32H43N3O3/c1-2-3-4-6-11-24-16-18-27(19-17-24)32(38)35-22-20-26(21-23-35)31(37)34-29-15-10-9-14-28(29)33-30(36)25-12-7-5-8-13-25/h5,7-8,12-13,16-19,26,28-29H,2-4,6,9-11,14-15,20-23H2,1H3,(H,33,36)(H,34,37)/t28-,29-/m1/s1. The van der Waals surface area contributed by atoms with Gasteiger partial charge in [-0.15, -0.1) is 0 Å². The van der Waals surface area contributed by atoms with E-state index in [-0.39, 0.29) is 35.7 Å². The first kappa shape index (κ1) is 27.9. The van der Waals surface area contributed by atoms with Gasteiger partial charge in [0.15, 0.2) is 0 Å². The number of likely N-dealkylation sites (tertiary alicyclic amines) is 1. The van der Waals surface area contributed by atoms with Crippen molar-refractivity contribution >= 4 is 17.7 Å². The second kappa shape index (κ2) is 14.1. The summed E-state index contributed by atoms with van der Waals surface area (Å²) in [4.78, 5) is 40.8. The molecular formula is C32H43N3O3. The molecule has 204 valence electrons. The highest BCUT2D eigenvalue weighted by Crippen LogP contribution is 2.23. The minimum absolute atomic E-state index is 0.0513. The summed E-state index contributed by atoms with van der Waals surface area (Å²) >= 11 is 0. The van der Waals surface area contributed by atoms with Gasteiger partial charge in [-0.05, 0) is 68.4 Å². The van der Waals surface area contributed by atoms with Crippen molar-refractivity contribution in [3.63, 3.8) is 0 Å². The molecule has 1 saturated heterocycles. The summed E-state index contributed by atoms with van der Waals surface area (Å²) in [6.07, 6.45) is 11.2. The van der Waals surface area contributed by atoms with Gasteiger partial charge in [0, 0.05) is 42.2 Å². The number of benzene rings is 2. The van der Waals surface area contributed by atoms with E-state index in [1.807, 2.05) is 47.4 Å². The molecule has 1 heterocycles. The molecule has 0 radical (unpaired) electrons. The quantitative estimate of drug-likeness (QED) is 0.408. The van der Waals surface area contributed by atoms with Crippen LogP contribution in [-0.2, 0) is 11.2 Å². The van der Waals surface area contributed by atoms with Gasteiger partial charge in [-0.25, -0.2) is 0 Å². The second-order valence-corrected chi connectivity index (χ2v) is 10.9. The van der Waals surface area contributed by atoms with Gasteiger partial charge < -0.3 is 15.5 Å². The number of aryl methyl sites for hydroxylation is 1. The molecule has 2 aromatic rings. The lowest BCUT2D eigenvalue weighted by Crippen LogP contribution is -2.55. The number of nitrogens with zero attached hydrogens (tertiary/aromatic N) is 1. The van der Waals surface area contributed by atoms with Gasteiger partial charge in [0.1, 0.15) is 0 Å². The number of amides is 3. The van der Waals surface area contributed by atoms with Crippen molar-refractivity contribution in [2.75, 3.05) is 13.1 Å². The number of carbonyl (C=O) groups is 3. The zero-order valence-corrected chi connectivity index (χ0v) is 22.8. The van der Waals surface area contributed by atoms with E-state index < -0.39 is 0 Å². The van der Waals surface area contributed by atoms with Gasteiger partial charge in [-0.2, -0.15) is 0 Å². The Morgan fingerprint density at radius 3 is 2.08 bits per heavy atom. The highest BCUT2D eigenvalue weighted by Gasteiger charge is 2.32. The third-order valence-corrected chi connectivity index (χ3v) is 8.12. The number of unbranched alkanes of at least 4 members (excludes halogenated alkanes) is 3. The van der Waals surface area contributed by atoms with Gasteiger partial charge in [-0.3, -0.25) is 14.4 Å². The SMILES string of the molecule is CCCCCCc1ccc(C(=O)N2CCC(C(=O)N[C@@H]3CCCC[C@H]3NC(=O)c3ccccc3)CC2)cc1. The topological polar surface area (TPSA) is 78.5 Å². The maximum atomic E-state index is 13.2. The highest BCUT2D eigenvalue weighted by atomic mass is 16.2. The predicted octanol–water partition coefficient (Wildman–Crippen LogP) is 5.52. The van der Waals surface area contributed by atoms with E-state index in [1.54, 1.807) is 0 Å². The summed E-state index contributed by atoms with van der Waals surface area (Å²) in [7, 11) is 0. The molecule has 2 aliphatic rings. The molecular weight excluding hydrogens is 474 g/mol. The molecule has 0 unspecified atom stereocenters. The van der Waals surface area contributed by atoms with E-state index in [1.165, 1.54) is 31.2 Å². The fourth-order valence-electron chi connectivity index (χ4n) is 5.72. The fourth-order valence-corrected chi connectivity index (χ4v) is 5.72. The number of hydrogen-bond acceptors (Lipinski definition) is 3. The van der Waals surface area contributed by atoms with Crippen LogP contribution in [0.2, 0.25) is 0 Å². The summed E-state index contributed by atoms with van der Waals surface area (Å²) in [5.41, 5.74) is 2.65. The van der Waals surface area contributed by atoms with Crippen molar-refractivity contribution in [2.45, 2.75) is 89.6 Å². The van der Waals surface area contributed by atoms with Crippen LogP contribution in [0.25, 0.3) is 0 Å². The summed E-state index contributed by atoms with van der Waals surface area (Å²) in [5, 5.41) is 6.39. The largest absolute Gasteiger partial charge is 0.351 e. The predicted molar refractivity (Wildman–Crippen MR) is 151 cm³/mol. The lowest BCUT2D eigenvalue weighted by molar-refractivity contribution is -0.127. The summed E-state index contributed by atoms with van der Waals surface area (Å²) in [5.74, 6) is -0.0854. The number of rotatable bonds is 10. The molecule has 38 heavy (non-hydrogen) atoms. The zero-order chi connectivity index (χ0) is 26.7. The molecule has 3 amide bonds. The van der Waals surface area contributed by atoms with Gasteiger partial charge in [-0.1, -0.05) is 69.4 Å². The smallest absolute Gasteiger partial charge is 0.253 e. The Kier molecular flexibility index (Phi) is 10.4. The van der Waals surface area contributed by atoms with Crippen molar-refractivity contribution in [3.8, 4) is 0 Å². The average Bonchev–Trinajstić information content (AvgIpc) is 2.97. The molecule has 0 bridgehead atoms. The van der Waals surface area contributed by atoms with Gasteiger partial charge in [0.25, 0.3) is 11.8 Å². The van der Waals surface area contributed by atoms with Crippen molar-refractivity contribution in [2.24, 2.45) is 5.92 Å². The molecule has 4 rings (SSSR count). The zero-order valence-electron chi connectivity index (χ0n) is 22.8. The molecule has 2 atom stereocenters. The van der Waals surface area contributed by atoms with Crippen molar-refractivity contribution in [1.82, 2.24) is 15.5 Å². The molecule has 0 spiro atoms. The Bertz CT molecular complexity index is 1050. The van der Waals surface area contributed by atoms with Crippen molar-refractivity contribution < 1.29 is 14.4 Å². The Hall–Kier alpha value is -3.15. The number of hydrogen-bond donors (Lipinski definition) is 2. The summed E-state index contributed by atoms with van der Waals surface area (Å²) < 4.78 is 0. The fraction of sp³-hybridized carbons (Fsp3) is 0.531. The molecule has 0 aromatic heterocycles. The molecule has 6 heteroatoms. The number of nitrogens with one attached hydrogen (secondary N) is 2. The minimum Gasteiger partial charge on any atom is -0.351 e. The van der Waals surface area contributed by atoms with Gasteiger partial charge in [0.2, 0.25) is 5.91 Å². The number of piperidine rings is 1. The monoisotopic (exact) mass is 517 g/mol. The first-order valence-electron chi connectivity index (χ1n) is 14.6. The van der Waals surface area contributed by atoms with Crippen LogP contribution in [0.4, 0.5) is 0 Å². The Balaban J connectivity index is 1.24. The van der Waals surface area contributed by atoms with Crippen LogP contribution in [0.15, 0.2) is 54.6 Å². The van der Waals surface area contributed by atoms with Crippen LogP contribution in [0.3, 0.4) is 0 Å². The van der Waals surface area contributed by atoms with Crippen LogP contribution >= 0.6 is 0 Å². The van der Waals surface area contributed by atoms with Crippen LogP contribution in [0, 0.1) is 5.92 Å². The van der Waals surface area contributed by atoms with Crippen LogP contribution in [0.5, 0.6) is 0 Å².